The Kier molecular flexibility index (Phi) is 12.3. The molecule has 42 heavy (non-hydrogen) atoms. The highest BCUT2D eigenvalue weighted by molar-refractivity contribution is 7.53. The summed E-state index contributed by atoms with van der Waals surface area (Å²) in [6.07, 6.45) is 2.26. The third kappa shape index (κ3) is 8.52. The number of aliphatic hydroxyl groups excluding tert-OH is 1. The van der Waals surface area contributed by atoms with Crippen molar-refractivity contribution in [3.05, 3.63) is 23.0 Å². The van der Waals surface area contributed by atoms with Crippen LogP contribution < -0.4 is 21.5 Å². The molecule has 0 bridgehead atoms. The van der Waals surface area contributed by atoms with Gasteiger partial charge in [-0.2, -0.15) is 9.67 Å². The van der Waals surface area contributed by atoms with E-state index in [1.807, 2.05) is 13.8 Å². The molecule has 3 unspecified atom stereocenters. The molecule has 0 spiro atoms. The number of fused-ring (bicyclic) bond motifs is 1. The van der Waals surface area contributed by atoms with Gasteiger partial charge in [0.2, 0.25) is 5.95 Å². The molecule has 17 heteroatoms. The number of anilines is 1. The first-order valence-corrected chi connectivity index (χ1v) is 15.4. The van der Waals surface area contributed by atoms with E-state index in [1.165, 1.54) is 6.08 Å². The number of aromatic amines is 1. The molecule has 5 atom stereocenters. The number of ether oxygens (including phenoxy) is 4. The van der Waals surface area contributed by atoms with E-state index < -0.39 is 55.9 Å². The number of rotatable bonds is 17. The number of hydrogen-bond donors (Lipinski definition) is 5. The predicted octanol–water partition coefficient (Wildman–Crippen LogP) is 1.19. The van der Waals surface area contributed by atoms with Crippen molar-refractivity contribution in [1.29, 1.82) is 0 Å². The molecule has 0 aromatic carbocycles. The number of hydrogen-bond acceptors (Lipinski definition) is 14. The highest BCUT2D eigenvalue weighted by atomic mass is 31.1. The van der Waals surface area contributed by atoms with Crippen LogP contribution in [-0.4, -0.2) is 85.5 Å². The van der Waals surface area contributed by atoms with Crippen LogP contribution in [0.5, 0.6) is 0 Å². The average molecular weight is 613 g/mol. The van der Waals surface area contributed by atoms with Gasteiger partial charge < -0.3 is 29.8 Å². The van der Waals surface area contributed by atoms with Gasteiger partial charge in [-0.15, -0.1) is 5.10 Å². The minimum Gasteiger partial charge on any atom is -0.465 e. The monoisotopic (exact) mass is 612 g/mol. The van der Waals surface area contributed by atoms with Gasteiger partial charge in [0, 0.05) is 6.42 Å². The van der Waals surface area contributed by atoms with Gasteiger partial charge in [-0.25, -0.2) is 0 Å². The maximum absolute atomic E-state index is 12.5. The van der Waals surface area contributed by atoms with Crippen LogP contribution in [0, 0.1) is 0 Å². The molecule has 1 fully saturated rings. The zero-order chi connectivity index (χ0) is 30.9. The van der Waals surface area contributed by atoms with Crippen LogP contribution in [0.3, 0.4) is 0 Å². The SMILES string of the molecule is C=CC1(OCP(N[C@@H](C)C(=O)OCCCC)N[C@@H](C)C(=O)OCCCC)CC(O)C(n2nnc3c(=O)[nH]c(N)nc32)O1. The van der Waals surface area contributed by atoms with Gasteiger partial charge in [-0.05, 0) is 32.8 Å². The van der Waals surface area contributed by atoms with E-state index in [0.717, 1.165) is 30.4 Å². The Morgan fingerprint density at radius 1 is 1.24 bits per heavy atom. The maximum Gasteiger partial charge on any atom is 0.323 e. The molecule has 2 aromatic heterocycles. The minimum absolute atomic E-state index is 0.0246. The Balaban J connectivity index is 1.74. The van der Waals surface area contributed by atoms with E-state index in [0.29, 0.717) is 13.2 Å². The van der Waals surface area contributed by atoms with E-state index in [-0.39, 0.29) is 29.9 Å². The van der Waals surface area contributed by atoms with Gasteiger partial charge in [0.05, 0.1) is 27.8 Å². The van der Waals surface area contributed by atoms with Crippen molar-refractivity contribution in [3.8, 4) is 0 Å². The fourth-order valence-electron chi connectivity index (χ4n) is 3.99. The summed E-state index contributed by atoms with van der Waals surface area (Å²) in [7, 11) is -1.55. The molecule has 0 aliphatic carbocycles. The Morgan fingerprint density at radius 2 is 1.83 bits per heavy atom. The number of nitrogens with one attached hydrogen (secondary N) is 3. The molecule has 1 saturated heterocycles. The van der Waals surface area contributed by atoms with E-state index in [1.54, 1.807) is 13.8 Å². The molecule has 0 radical (unpaired) electrons. The molecule has 0 amide bonds. The van der Waals surface area contributed by atoms with Gasteiger partial charge in [0.15, 0.2) is 23.2 Å². The number of nitrogen functional groups attached to an aromatic ring is 1. The number of aliphatic hydroxyl groups is 1. The van der Waals surface area contributed by atoms with Crippen molar-refractivity contribution >= 4 is 37.3 Å². The van der Waals surface area contributed by atoms with Crippen molar-refractivity contribution in [1.82, 2.24) is 35.1 Å². The second kappa shape index (κ2) is 15.5. The first-order chi connectivity index (χ1) is 20.0. The minimum atomic E-state index is -1.55. The summed E-state index contributed by atoms with van der Waals surface area (Å²) < 4.78 is 24.0. The van der Waals surface area contributed by atoms with Crippen LogP contribution in [0.25, 0.3) is 11.2 Å². The van der Waals surface area contributed by atoms with Crippen molar-refractivity contribution in [3.63, 3.8) is 0 Å². The van der Waals surface area contributed by atoms with Gasteiger partial charge in [0.1, 0.15) is 18.2 Å². The quantitative estimate of drug-likeness (QED) is 0.0734. The summed E-state index contributed by atoms with van der Waals surface area (Å²) in [4.78, 5) is 43.7. The summed E-state index contributed by atoms with van der Waals surface area (Å²) in [6.45, 7) is 11.7. The molecule has 1 aliphatic heterocycles. The third-order valence-corrected chi connectivity index (χ3v) is 8.16. The van der Waals surface area contributed by atoms with Gasteiger partial charge >= 0.3 is 11.9 Å². The van der Waals surface area contributed by atoms with Crippen LogP contribution in [0.1, 0.15) is 66.0 Å². The van der Waals surface area contributed by atoms with Gasteiger partial charge in [-0.3, -0.25) is 29.5 Å². The summed E-state index contributed by atoms with van der Waals surface area (Å²) >= 11 is 0. The maximum atomic E-state index is 12.5. The number of nitrogens with zero attached hydrogens (tertiary/aromatic N) is 4. The lowest BCUT2D eigenvalue weighted by atomic mass is 10.1. The van der Waals surface area contributed by atoms with E-state index in [4.69, 9.17) is 24.7 Å². The lowest BCUT2D eigenvalue weighted by Crippen LogP contribution is -2.42. The standard InChI is InChI=1S/C25H41N8O8P/c1-6-9-11-38-22(36)15(4)30-42(31-16(5)23(37)39-12-10-7-2)14-40-25(8-3)13-17(34)21(41-25)33-19-18(29-32-33)20(35)28-24(26)27-19/h8,15-17,21,30-31,34H,3,6-7,9-14H2,1-2,4-5H3,(H3,26,27,28,35)/t15-,16-,17?,21?,25?/m0/s1. The highest BCUT2D eigenvalue weighted by Gasteiger charge is 2.48. The summed E-state index contributed by atoms with van der Waals surface area (Å²) in [6, 6.07) is -1.43. The Labute approximate surface area is 244 Å². The van der Waals surface area contributed by atoms with Crippen LogP contribution in [0.2, 0.25) is 0 Å². The molecular formula is C25H41N8O8P. The summed E-state index contributed by atoms with van der Waals surface area (Å²) in [5.41, 5.74) is 5.04. The van der Waals surface area contributed by atoms with Gasteiger partial charge in [0.25, 0.3) is 5.56 Å². The predicted molar refractivity (Wildman–Crippen MR) is 154 cm³/mol. The van der Waals surface area contributed by atoms with Crippen LogP contribution in [0.15, 0.2) is 17.4 Å². The lowest BCUT2D eigenvalue weighted by Gasteiger charge is -2.31. The molecule has 0 saturated carbocycles. The fraction of sp³-hybridized carbons (Fsp3) is 0.680. The smallest absolute Gasteiger partial charge is 0.323 e. The summed E-state index contributed by atoms with van der Waals surface area (Å²) in [5, 5.41) is 25.0. The largest absolute Gasteiger partial charge is 0.465 e. The van der Waals surface area contributed by atoms with E-state index in [2.05, 4.69) is 37.0 Å². The molecule has 3 heterocycles. The van der Waals surface area contributed by atoms with Crippen molar-refractivity contribution in [2.75, 3.05) is 25.3 Å². The molecule has 1 aliphatic rings. The van der Waals surface area contributed by atoms with Gasteiger partial charge in [-0.1, -0.05) is 38.5 Å². The van der Waals surface area contributed by atoms with Crippen molar-refractivity contribution in [2.24, 2.45) is 0 Å². The number of nitrogens with two attached hydrogens (primary N) is 1. The Bertz CT molecular complexity index is 1240. The number of carbonyl (C=O) groups is 2. The zero-order valence-electron chi connectivity index (χ0n) is 24.4. The number of unbranched alkanes of at least 4 members (excludes halogenated alkanes) is 2. The molecule has 6 N–H and O–H groups in total. The van der Waals surface area contributed by atoms with Crippen LogP contribution in [-0.2, 0) is 28.5 Å². The lowest BCUT2D eigenvalue weighted by molar-refractivity contribution is -0.201. The molecule has 234 valence electrons. The third-order valence-electron chi connectivity index (χ3n) is 6.38. The second-order valence-corrected chi connectivity index (χ2v) is 11.5. The van der Waals surface area contributed by atoms with Crippen molar-refractivity contribution < 1.29 is 33.6 Å². The number of aromatic nitrogens is 5. The first kappa shape index (κ1) is 33.5. The topological polar surface area (TPSA) is 218 Å². The molecule has 3 rings (SSSR count). The molecular weight excluding hydrogens is 571 g/mol. The fourth-order valence-corrected chi connectivity index (χ4v) is 5.71. The summed E-state index contributed by atoms with van der Waals surface area (Å²) in [5.74, 6) is -2.53. The first-order valence-electron chi connectivity index (χ1n) is 13.9. The normalized spacial score (nSPS) is 21.9. The van der Waals surface area contributed by atoms with Crippen LogP contribution >= 0.6 is 8.22 Å². The zero-order valence-corrected chi connectivity index (χ0v) is 25.3. The Hall–Kier alpha value is -3.01. The van der Waals surface area contributed by atoms with E-state index in [9.17, 15) is 19.5 Å². The average Bonchev–Trinajstić information content (AvgIpc) is 3.52. The molecule has 16 nitrogen and oxygen atoms in total. The second-order valence-electron chi connectivity index (χ2n) is 9.90. The Morgan fingerprint density at radius 3 is 2.38 bits per heavy atom. The number of esters is 2. The number of H-pyrrole nitrogens is 1. The highest BCUT2D eigenvalue weighted by Crippen LogP contribution is 2.41. The van der Waals surface area contributed by atoms with Crippen molar-refractivity contribution in [2.45, 2.75) is 90.0 Å². The number of carbonyl (C=O) groups excluding carboxylic acids is 2. The molecule has 2 aromatic rings. The van der Waals surface area contributed by atoms with Crippen LogP contribution in [0.4, 0.5) is 5.95 Å². The van der Waals surface area contributed by atoms with E-state index >= 15 is 0 Å².